The molecule has 10 nitrogen and oxygen atoms in total. The van der Waals surface area contributed by atoms with Crippen molar-refractivity contribution in [2.45, 2.75) is 32.9 Å². The second-order valence-corrected chi connectivity index (χ2v) is 13.7. The van der Waals surface area contributed by atoms with Crippen molar-refractivity contribution in [2.24, 2.45) is 5.41 Å². The zero-order valence-electron chi connectivity index (χ0n) is 24.5. The van der Waals surface area contributed by atoms with Crippen molar-refractivity contribution in [3.8, 4) is 11.5 Å². The Kier molecular flexibility index (Phi) is 6.93. The summed E-state index contributed by atoms with van der Waals surface area (Å²) in [6.07, 6.45) is 0.260. The number of hydrogen-bond acceptors (Lipinski definition) is 9. The Hall–Kier alpha value is -4.68. The molecule has 7 rings (SSSR count). The summed E-state index contributed by atoms with van der Waals surface area (Å²) in [4.78, 5) is 19.8. The Morgan fingerprint density at radius 1 is 1.13 bits per heavy atom. The second kappa shape index (κ2) is 10.7. The second-order valence-electron chi connectivity index (χ2n) is 11.7. The number of nitrogens with one attached hydrogen (secondary N) is 1. The van der Waals surface area contributed by atoms with Gasteiger partial charge in [0, 0.05) is 29.7 Å². The number of hydrogen-bond donors (Lipinski definition) is 2. The van der Waals surface area contributed by atoms with Crippen LogP contribution in [0.4, 0.5) is 15.8 Å². The molecule has 1 spiro atoms. The van der Waals surface area contributed by atoms with Crippen LogP contribution in [0, 0.1) is 25.1 Å². The molecule has 1 amide bonds. The van der Waals surface area contributed by atoms with E-state index in [1.54, 1.807) is 26.0 Å². The van der Waals surface area contributed by atoms with Crippen LogP contribution in [0.25, 0.3) is 0 Å². The molecule has 4 heterocycles. The molecule has 1 aromatic heterocycles. The molecule has 2 N–H and O–H groups in total. The lowest BCUT2D eigenvalue weighted by Crippen LogP contribution is -2.52. The van der Waals surface area contributed by atoms with Crippen LogP contribution in [0.3, 0.4) is 0 Å². The first-order valence-electron chi connectivity index (χ1n) is 14.4. The number of allylic oxidation sites excluding steroid dienone is 1. The monoisotopic (exact) mass is 631 g/mol. The standard InChI is InChI=1S/C33H30FN3O7S/c1-19-28(35-20(2)44-19)32(39)37-26-9-6-10-27(38)29(26)36-25-14-33(16-42-17-33)18-45(40,41)31(25)30(37)23-12-11-22(13-24(23)34)43-15-21-7-4-3-5-8-21/h3-13,30,36,38H,14-18H2,1-2H3. The van der Waals surface area contributed by atoms with E-state index in [0.717, 1.165) is 5.56 Å². The van der Waals surface area contributed by atoms with E-state index in [2.05, 4.69) is 10.3 Å². The minimum atomic E-state index is -4.11. The van der Waals surface area contributed by atoms with Crippen molar-refractivity contribution in [1.29, 1.82) is 0 Å². The molecule has 1 unspecified atom stereocenters. The van der Waals surface area contributed by atoms with E-state index in [0.29, 0.717) is 0 Å². The van der Waals surface area contributed by atoms with Crippen LogP contribution in [0.1, 0.15) is 45.7 Å². The van der Waals surface area contributed by atoms with E-state index < -0.39 is 33.0 Å². The van der Waals surface area contributed by atoms with Crippen LogP contribution in [-0.2, 0) is 21.2 Å². The number of aromatic hydroxyl groups is 1. The fourth-order valence-electron chi connectivity index (χ4n) is 6.37. The smallest absolute Gasteiger partial charge is 0.281 e. The molecular formula is C33H30FN3O7S. The van der Waals surface area contributed by atoms with Gasteiger partial charge in [-0.15, -0.1) is 0 Å². The topological polar surface area (TPSA) is 131 Å². The number of fused-ring (bicyclic) bond motifs is 1. The molecule has 1 atom stereocenters. The molecule has 12 heteroatoms. The molecule has 232 valence electrons. The highest BCUT2D eigenvalue weighted by molar-refractivity contribution is 7.95. The van der Waals surface area contributed by atoms with Gasteiger partial charge in [-0.1, -0.05) is 36.4 Å². The van der Waals surface area contributed by atoms with Crippen LogP contribution in [0.5, 0.6) is 11.5 Å². The van der Waals surface area contributed by atoms with Gasteiger partial charge in [-0.25, -0.2) is 17.8 Å². The Balaban J connectivity index is 1.42. The van der Waals surface area contributed by atoms with Gasteiger partial charge in [-0.2, -0.15) is 0 Å². The van der Waals surface area contributed by atoms with Gasteiger partial charge >= 0.3 is 0 Å². The van der Waals surface area contributed by atoms with E-state index >= 15 is 4.39 Å². The SMILES string of the molecule is Cc1nc(C(=O)N2c3cccc(O)c3NC3=C(C2c2ccc(OCc4ccccc4)cc2F)S(=O)(=O)CC2(COC2)C3)c(C)o1. The molecule has 3 aliphatic rings. The Bertz CT molecular complexity index is 1970. The van der Waals surface area contributed by atoms with Gasteiger partial charge < -0.3 is 24.3 Å². The number of amides is 1. The maximum absolute atomic E-state index is 16.4. The predicted molar refractivity (Wildman–Crippen MR) is 163 cm³/mol. The van der Waals surface area contributed by atoms with Crippen molar-refractivity contribution in [2.75, 3.05) is 29.2 Å². The van der Waals surface area contributed by atoms with Crippen LogP contribution in [0.2, 0.25) is 0 Å². The number of phenols is 1. The van der Waals surface area contributed by atoms with E-state index in [1.807, 2.05) is 30.3 Å². The van der Waals surface area contributed by atoms with E-state index in [4.69, 9.17) is 13.9 Å². The van der Waals surface area contributed by atoms with Gasteiger partial charge in [-0.05, 0) is 43.2 Å². The summed E-state index contributed by atoms with van der Waals surface area (Å²) >= 11 is 0. The number of halogens is 1. The van der Waals surface area contributed by atoms with Crippen molar-refractivity contribution < 1.29 is 36.6 Å². The lowest BCUT2D eigenvalue weighted by Gasteiger charge is -2.45. The van der Waals surface area contributed by atoms with Gasteiger partial charge in [0.15, 0.2) is 21.4 Å². The molecule has 45 heavy (non-hydrogen) atoms. The number of phenolic OH excluding ortho intramolecular Hbond substituents is 1. The number of nitrogens with zero attached hydrogens (tertiary/aromatic N) is 2. The van der Waals surface area contributed by atoms with Gasteiger partial charge in [0.2, 0.25) is 0 Å². The zero-order valence-corrected chi connectivity index (χ0v) is 25.4. The first-order chi connectivity index (χ1) is 21.6. The molecule has 0 aliphatic carbocycles. The number of para-hydroxylation sites is 1. The fraction of sp³-hybridized carbons (Fsp3) is 0.273. The number of benzene rings is 3. The number of ether oxygens (including phenoxy) is 2. The average molecular weight is 632 g/mol. The summed E-state index contributed by atoms with van der Waals surface area (Å²) in [5, 5.41) is 14.2. The van der Waals surface area contributed by atoms with Crippen LogP contribution < -0.4 is 15.0 Å². The summed E-state index contributed by atoms with van der Waals surface area (Å²) in [6, 6.07) is 16.6. The maximum Gasteiger partial charge on any atom is 0.281 e. The Morgan fingerprint density at radius 2 is 1.91 bits per heavy atom. The number of aryl methyl sites for hydroxylation is 2. The highest BCUT2D eigenvalue weighted by Gasteiger charge is 2.53. The summed E-state index contributed by atoms with van der Waals surface area (Å²) in [5.41, 5.74) is 0.628. The summed E-state index contributed by atoms with van der Waals surface area (Å²) < 4.78 is 61.7. The number of carbonyl (C=O) groups is 1. The third-order valence-corrected chi connectivity index (χ3v) is 10.5. The third kappa shape index (κ3) is 5.03. The third-order valence-electron chi connectivity index (χ3n) is 8.40. The number of aromatic nitrogens is 1. The lowest BCUT2D eigenvalue weighted by molar-refractivity contribution is -0.0986. The maximum atomic E-state index is 16.4. The summed E-state index contributed by atoms with van der Waals surface area (Å²) in [6.45, 7) is 3.84. The zero-order chi connectivity index (χ0) is 31.5. The van der Waals surface area contributed by atoms with Crippen molar-refractivity contribution in [3.05, 3.63) is 112 Å². The van der Waals surface area contributed by atoms with Crippen molar-refractivity contribution >= 4 is 27.1 Å². The Labute approximate surface area is 259 Å². The first kappa shape index (κ1) is 29.1. The minimum Gasteiger partial charge on any atom is -0.506 e. The summed E-state index contributed by atoms with van der Waals surface area (Å²) in [7, 11) is -4.11. The van der Waals surface area contributed by atoms with E-state index in [-0.39, 0.29) is 88.4 Å². The molecule has 0 saturated carbocycles. The Morgan fingerprint density at radius 3 is 2.58 bits per heavy atom. The molecule has 1 fully saturated rings. The number of rotatable bonds is 5. The van der Waals surface area contributed by atoms with Crippen LogP contribution in [-0.4, -0.2) is 43.4 Å². The quantitative estimate of drug-likeness (QED) is 0.271. The van der Waals surface area contributed by atoms with Gasteiger partial charge in [-0.3, -0.25) is 9.69 Å². The lowest BCUT2D eigenvalue weighted by atomic mass is 9.82. The van der Waals surface area contributed by atoms with Crippen molar-refractivity contribution in [1.82, 2.24) is 4.98 Å². The highest BCUT2D eigenvalue weighted by atomic mass is 32.2. The van der Waals surface area contributed by atoms with E-state index in [1.165, 1.54) is 29.2 Å². The predicted octanol–water partition coefficient (Wildman–Crippen LogP) is 5.58. The number of sulfone groups is 1. The number of anilines is 2. The molecular weight excluding hydrogens is 601 g/mol. The van der Waals surface area contributed by atoms with Gasteiger partial charge in [0.05, 0.1) is 29.6 Å². The summed E-state index contributed by atoms with van der Waals surface area (Å²) in [5.74, 6) is -1.25. The normalized spacial score (nSPS) is 19.6. The molecule has 3 aromatic carbocycles. The highest BCUT2D eigenvalue weighted by Crippen LogP contribution is 2.53. The minimum absolute atomic E-state index is 0.0591. The van der Waals surface area contributed by atoms with Crippen LogP contribution >= 0.6 is 0 Å². The molecule has 1 saturated heterocycles. The van der Waals surface area contributed by atoms with Gasteiger partial charge in [0.1, 0.15) is 41.4 Å². The van der Waals surface area contributed by atoms with Crippen molar-refractivity contribution in [3.63, 3.8) is 0 Å². The van der Waals surface area contributed by atoms with E-state index in [9.17, 15) is 18.3 Å². The molecule has 0 bridgehead atoms. The largest absolute Gasteiger partial charge is 0.506 e. The number of oxazole rings is 1. The average Bonchev–Trinajstić information content (AvgIpc) is 3.24. The molecule has 4 aromatic rings. The van der Waals surface area contributed by atoms with Crippen LogP contribution in [0.15, 0.2) is 81.7 Å². The first-order valence-corrected chi connectivity index (χ1v) is 16.1. The number of carbonyl (C=O) groups excluding carboxylic acids is 1. The molecule has 3 aliphatic heterocycles. The van der Waals surface area contributed by atoms with Gasteiger partial charge in [0.25, 0.3) is 5.91 Å². The fourth-order valence-corrected chi connectivity index (χ4v) is 8.67. The molecule has 0 radical (unpaired) electrons.